The van der Waals surface area contributed by atoms with Crippen LogP contribution in [-0.2, 0) is 26.2 Å². The fourth-order valence-electron chi connectivity index (χ4n) is 4.42. The van der Waals surface area contributed by atoms with Gasteiger partial charge in [0.2, 0.25) is 21.8 Å². The summed E-state index contributed by atoms with van der Waals surface area (Å²) in [6, 6.07) is 10.8. The van der Waals surface area contributed by atoms with Crippen molar-refractivity contribution in [1.82, 2.24) is 10.2 Å². The van der Waals surface area contributed by atoms with Crippen LogP contribution in [0.5, 0.6) is 0 Å². The first-order chi connectivity index (χ1) is 17.1. The van der Waals surface area contributed by atoms with Crippen LogP contribution in [-0.4, -0.2) is 50.0 Å². The molecule has 1 aliphatic carbocycles. The predicted octanol–water partition coefficient (Wildman–Crippen LogP) is 3.99. The van der Waals surface area contributed by atoms with Gasteiger partial charge in [-0.3, -0.25) is 13.9 Å². The summed E-state index contributed by atoms with van der Waals surface area (Å²) in [5.41, 5.74) is 0.176. The third kappa shape index (κ3) is 7.25. The van der Waals surface area contributed by atoms with Crippen LogP contribution in [0.25, 0.3) is 0 Å². The van der Waals surface area contributed by atoms with Gasteiger partial charge in [0.25, 0.3) is 0 Å². The average Bonchev–Trinajstić information content (AvgIpc) is 3.33. The summed E-state index contributed by atoms with van der Waals surface area (Å²) < 4.78 is 54.2. The van der Waals surface area contributed by atoms with E-state index < -0.39 is 33.6 Å². The molecule has 1 saturated carbocycles. The number of sulfonamides is 1. The lowest BCUT2D eigenvalue weighted by Gasteiger charge is -2.30. The van der Waals surface area contributed by atoms with E-state index in [9.17, 15) is 26.8 Å². The molecule has 0 spiro atoms. The summed E-state index contributed by atoms with van der Waals surface area (Å²) in [5, 5.41) is 2.98. The van der Waals surface area contributed by atoms with Crippen LogP contribution in [0.4, 0.5) is 14.5 Å². The zero-order chi connectivity index (χ0) is 26.3. The maximum absolute atomic E-state index is 14.4. The van der Waals surface area contributed by atoms with Crippen molar-refractivity contribution in [2.75, 3.05) is 17.1 Å². The largest absolute Gasteiger partial charge is 0.352 e. The predicted molar refractivity (Wildman–Crippen MR) is 135 cm³/mol. The maximum atomic E-state index is 14.4. The molecular weight excluding hydrogens is 488 g/mol. The fourth-order valence-corrected chi connectivity index (χ4v) is 5.39. The highest BCUT2D eigenvalue weighted by molar-refractivity contribution is 7.92. The number of amides is 2. The molecule has 2 amide bonds. The van der Waals surface area contributed by atoms with Gasteiger partial charge in [-0.25, -0.2) is 17.2 Å². The first-order valence-electron chi connectivity index (χ1n) is 12.1. The van der Waals surface area contributed by atoms with Gasteiger partial charge >= 0.3 is 0 Å². The normalized spacial score (nSPS) is 14.9. The average molecular weight is 522 g/mol. The van der Waals surface area contributed by atoms with E-state index in [4.69, 9.17) is 0 Å². The first kappa shape index (κ1) is 27.6. The van der Waals surface area contributed by atoms with Crippen LogP contribution in [0.15, 0.2) is 48.5 Å². The number of para-hydroxylation sites is 1. The highest BCUT2D eigenvalue weighted by Crippen LogP contribution is 2.23. The number of carbonyl (C=O) groups is 2. The van der Waals surface area contributed by atoms with Crippen molar-refractivity contribution >= 4 is 27.5 Å². The van der Waals surface area contributed by atoms with Gasteiger partial charge in [0, 0.05) is 31.1 Å². The molecule has 36 heavy (non-hydrogen) atoms. The van der Waals surface area contributed by atoms with E-state index in [2.05, 4.69) is 5.32 Å². The molecule has 1 unspecified atom stereocenters. The molecule has 196 valence electrons. The zero-order valence-corrected chi connectivity index (χ0v) is 21.4. The van der Waals surface area contributed by atoms with Crippen LogP contribution >= 0.6 is 0 Å². The zero-order valence-electron chi connectivity index (χ0n) is 20.6. The Kier molecular flexibility index (Phi) is 9.42. The maximum Gasteiger partial charge on any atom is 0.242 e. The van der Waals surface area contributed by atoms with E-state index in [0.29, 0.717) is 0 Å². The second-order valence-electron chi connectivity index (χ2n) is 9.17. The molecule has 0 radical (unpaired) electrons. The first-order valence-corrected chi connectivity index (χ1v) is 14.0. The van der Waals surface area contributed by atoms with E-state index >= 15 is 0 Å². The quantitative estimate of drug-likeness (QED) is 0.485. The molecule has 2 aromatic rings. The lowest BCUT2D eigenvalue weighted by Crippen LogP contribution is -2.49. The van der Waals surface area contributed by atoms with Gasteiger partial charge in [0.15, 0.2) is 0 Å². The number of benzene rings is 2. The fraction of sp³-hybridized carbons (Fsp3) is 0.462. The van der Waals surface area contributed by atoms with Crippen LogP contribution < -0.4 is 9.62 Å². The number of rotatable bonds is 11. The number of carbonyl (C=O) groups excluding carboxylic acids is 2. The summed E-state index contributed by atoms with van der Waals surface area (Å²) >= 11 is 0. The van der Waals surface area contributed by atoms with Crippen molar-refractivity contribution < 1.29 is 26.8 Å². The smallest absolute Gasteiger partial charge is 0.242 e. The van der Waals surface area contributed by atoms with E-state index in [1.807, 2.05) is 0 Å². The van der Waals surface area contributed by atoms with Gasteiger partial charge in [0.05, 0.1) is 11.9 Å². The summed E-state index contributed by atoms with van der Waals surface area (Å²) in [7, 11) is -3.80. The van der Waals surface area contributed by atoms with E-state index in [1.54, 1.807) is 25.1 Å². The Morgan fingerprint density at radius 1 is 1.03 bits per heavy atom. The molecule has 7 nitrogen and oxygen atoms in total. The molecule has 0 aromatic heterocycles. The Morgan fingerprint density at radius 3 is 2.25 bits per heavy atom. The second-order valence-corrected chi connectivity index (χ2v) is 11.1. The summed E-state index contributed by atoms with van der Waals surface area (Å²) in [6.07, 6.45) is 4.81. The Balaban J connectivity index is 1.73. The Morgan fingerprint density at radius 2 is 1.64 bits per heavy atom. The molecule has 10 heteroatoms. The lowest BCUT2D eigenvalue weighted by atomic mass is 10.1. The van der Waals surface area contributed by atoms with Crippen molar-refractivity contribution in [3.8, 4) is 0 Å². The van der Waals surface area contributed by atoms with Gasteiger partial charge in [-0.2, -0.15) is 0 Å². The molecule has 2 aromatic carbocycles. The summed E-state index contributed by atoms with van der Waals surface area (Å²) in [4.78, 5) is 27.5. The van der Waals surface area contributed by atoms with Crippen molar-refractivity contribution in [2.24, 2.45) is 0 Å². The Hall–Kier alpha value is -3.01. The van der Waals surface area contributed by atoms with Gasteiger partial charge in [-0.15, -0.1) is 0 Å². The lowest BCUT2D eigenvalue weighted by molar-refractivity contribution is -0.141. The van der Waals surface area contributed by atoms with E-state index in [1.165, 1.54) is 35.2 Å². The number of hydrogen-bond acceptors (Lipinski definition) is 4. The summed E-state index contributed by atoms with van der Waals surface area (Å²) in [6.45, 7) is 1.38. The number of halogens is 2. The molecule has 0 heterocycles. The highest BCUT2D eigenvalue weighted by Gasteiger charge is 2.29. The SMILES string of the molecule is CC(C(=O)NC1CCCC1)N(Cc1ccccc1F)C(=O)CCCN(c1ccccc1F)S(C)(=O)=O. The molecule has 1 atom stereocenters. The van der Waals surface area contributed by atoms with E-state index in [0.717, 1.165) is 36.2 Å². The molecule has 1 fully saturated rings. The molecule has 3 rings (SSSR count). The van der Waals surface area contributed by atoms with Crippen molar-refractivity contribution in [3.05, 3.63) is 65.7 Å². The van der Waals surface area contributed by atoms with Gasteiger partial charge < -0.3 is 10.2 Å². The topological polar surface area (TPSA) is 86.8 Å². The third-order valence-corrected chi connectivity index (χ3v) is 7.62. The van der Waals surface area contributed by atoms with Crippen molar-refractivity contribution in [2.45, 2.75) is 64.1 Å². The van der Waals surface area contributed by atoms with Crippen molar-refractivity contribution in [1.29, 1.82) is 0 Å². The van der Waals surface area contributed by atoms with Gasteiger partial charge in [-0.05, 0) is 44.4 Å². The number of anilines is 1. The van der Waals surface area contributed by atoms with Crippen LogP contribution in [0.2, 0.25) is 0 Å². The minimum atomic E-state index is -3.80. The van der Waals surface area contributed by atoms with E-state index in [-0.39, 0.29) is 49.1 Å². The molecule has 1 aliphatic rings. The monoisotopic (exact) mass is 521 g/mol. The molecule has 0 saturated heterocycles. The van der Waals surface area contributed by atoms with Crippen LogP contribution in [0, 0.1) is 11.6 Å². The second kappa shape index (κ2) is 12.3. The standard InChI is InChI=1S/C26H33F2N3O4S/c1-19(26(33)29-21-11-4-5-12-21)30(18-20-10-3-6-13-22(20)27)25(32)16-9-17-31(36(2,34)35)24-15-8-7-14-23(24)28/h3,6-8,10,13-15,19,21H,4-5,9,11-12,16-18H2,1-2H3,(H,29,33). The molecule has 0 aliphatic heterocycles. The summed E-state index contributed by atoms with van der Waals surface area (Å²) in [5.74, 6) is -1.90. The molecule has 1 N–H and O–H groups in total. The van der Waals surface area contributed by atoms with Crippen LogP contribution in [0.3, 0.4) is 0 Å². The number of nitrogens with zero attached hydrogens (tertiary/aromatic N) is 2. The van der Waals surface area contributed by atoms with Gasteiger partial charge in [-0.1, -0.05) is 43.2 Å². The highest BCUT2D eigenvalue weighted by atomic mass is 32.2. The number of nitrogens with one attached hydrogen (secondary N) is 1. The van der Waals surface area contributed by atoms with Gasteiger partial charge in [0.1, 0.15) is 17.7 Å². The molecule has 0 bridgehead atoms. The Labute approximate surface area is 211 Å². The number of hydrogen-bond donors (Lipinski definition) is 1. The van der Waals surface area contributed by atoms with Crippen LogP contribution in [0.1, 0.15) is 51.0 Å². The third-order valence-electron chi connectivity index (χ3n) is 6.44. The van der Waals surface area contributed by atoms with Crippen molar-refractivity contribution in [3.63, 3.8) is 0 Å². The Bertz CT molecular complexity index is 1170. The minimum Gasteiger partial charge on any atom is -0.352 e. The minimum absolute atomic E-state index is 0.0643. The molecular formula is C26H33F2N3O4S.